The summed E-state index contributed by atoms with van der Waals surface area (Å²) in [7, 11) is 0. The number of Topliss-reactive ketones (excluding diaryl/α,β-unsaturated/α-hetero) is 1. The zero-order chi connectivity index (χ0) is 20.4. The van der Waals surface area contributed by atoms with Crippen LogP contribution in [0.2, 0.25) is 0 Å². The maximum atomic E-state index is 13.1. The van der Waals surface area contributed by atoms with Gasteiger partial charge in [0.1, 0.15) is 5.75 Å². The summed E-state index contributed by atoms with van der Waals surface area (Å²) in [5.74, 6) is 0.880. The van der Waals surface area contributed by atoms with Gasteiger partial charge in [-0.15, -0.1) is 0 Å². The SMILES string of the molecule is CCC(C)Oc1ccc(C2CC(=O)NC3=C2C(=O)CC(c2ccccc2)C3)cc1. The molecule has 4 heteroatoms. The Morgan fingerprint density at radius 2 is 1.69 bits per heavy atom. The number of carbonyl (C=O) groups excluding carboxylic acids is 2. The fourth-order valence-electron chi connectivity index (χ4n) is 4.30. The number of hydrogen-bond acceptors (Lipinski definition) is 3. The molecular formula is C25H27NO3. The molecule has 2 aromatic carbocycles. The van der Waals surface area contributed by atoms with Gasteiger partial charge < -0.3 is 10.1 Å². The molecule has 0 fully saturated rings. The number of hydrogen-bond donors (Lipinski definition) is 1. The minimum absolute atomic E-state index is 0.0183. The zero-order valence-corrected chi connectivity index (χ0v) is 17.0. The van der Waals surface area contributed by atoms with Crippen molar-refractivity contribution in [3.05, 3.63) is 77.0 Å². The van der Waals surface area contributed by atoms with E-state index in [1.165, 1.54) is 0 Å². The van der Waals surface area contributed by atoms with E-state index >= 15 is 0 Å². The third-order valence-corrected chi connectivity index (χ3v) is 6.00. The molecule has 1 aliphatic heterocycles. The van der Waals surface area contributed by atoms with Gasteiger partial charge in [0, 0.05) is 30.0 Å². The van der Waals surface area contributed by atoms with Gasteiger partial charge in [-0.25, -0.2) is 0 Å². The molecule has 0 saturated carbocycles. The molecule has 0 bridgehead atoms. The van der Waals surface area contributed by atoms with E-state index in [1.54, 1.807) is 0 Å². The number of amides is 1. The predicted molar refractivity (Wildman–Crippen MR) is 113 cm³/mol. The maximum Gasteiger partial charge on any atom is 0.225 e. The number of allylic oxidation sites excluding steroid dienone is 2. The number of ether oxygens (including phenoxy) is 1. The highest BCUT2D eigenvalue weighted by Crippen LogP contribution is 2.42. The lowest BCUT2D eigenvalue weighted by molar-refractivity contribution is -0.122. The van der Waals surface area contributed by atoms with Crippen LogP contribution < -0.4 is 10.1 Å². The molecule has 0 saturated heterocycles. The van der Waals surface area contributed by atoms with Crippen molar-refractivity contribution in [3.8, 4) is 5.75 Å². The number of nitrogens with one attached hydrogen (secondary N) is 1. The van der Waals surface area contributed by atoms with Crippen molar-refractivity contribution < 1.29 is 14.3 Å². The van der Waals surface area contributed by atoms with Crippen molar-refractivity contribution in [1.29, 1.82) is 0 Å². The minimum Gasteiger partial charge on any atom is -0.491 e. The molecule has 1 heterocycles. The fraction of sp³-hybridized carbons (Fsp3) is 0.360. The summed E-state index contributed by atoms with van der Waals surface area (Å²) in [5, 5.41) is 2.99. The van der Waals surface area contributed by atoms with Crippen LogP contribution in [0.3, 0.4) is 0 Å². The molecule has 2 aliphatic rings. The molecule has 1 aliphatic carbocycles. The van der Waals surface area contributed by atoms with Crippen LogP contribution in [0.25, 0.3) is 0 Å². The van der Waals surface area contributed by atoms with Crippen molar-refractivity contribution in [3.63, 3.8) is 0 Å². The number of benzene rings is 2. The van der Waals surface area contributed by atoms with E-state index < -0.39 is 0 Å². The Hall–Kier alpha value is -2.88. The molecule has 3 atom stereocenters. The van der Waals surface area contributed by atoms with Crippen LogP contribution in [0.5, 0.6) is 5.75 Å². The Balaban J connectivity index is 1.61. The molecule has 4 rings (SSSR count). The van der Waals surface area contributed by atoms with Crippen LogP contribution >= 0.6 is 0 Å². The molecule has 1 amide bonds. The minimum atomic E-state index is -0.180. The summed E-state index contributed by atoms with van der Waals surface area (Å²) in [6.45, 7) is 4.13. The van der Waals surface area contributed by atoms with Gasteiger partial charge in [0.05, 0.1) is 6.10 Å². The molecule has 29 heavy (non-hydrogen) atoms. The van der Waals surface area contributed by atoms with E-state index in [2.05, 4.69) is 24.4 Å². The van der Waals surface area contributed by atoms with Crippen molar-refractivity contribution in [1.82, 2.24) is 5.32 Å². The molecule has 4 nitrogen and oxygen atoms in total. The Kier molecular flexibility index (Phi) is 5.52. The molecule has 0 radical (unpaired) electrons. The highest BCUT2D eigenvalue weighted by atomic mass is 16.5. The quantitative estimate of drug-likeness (QED) is 0.794. The second kappa shape index (κ2) is 8.24. The summed E-state index contributed by atoms with van der Waals surface area (Å²) >= 11 is 0. The van der Waals surface area contributed by atoms with Gasteiger partial charge in [0.2, 0.25) is 5.91 Å². The molecule has 1 N–H and O–H groups in total. The standard InChI is InChI=1S/C25H27NO3/c1-3-16(2)29-20-11-9-18(10-12-20)21-15-24(28)26-22-13-19(14-23(27)25(21)22)17-7-5-4-6-8-17/h4-12,16,19,21H,3,13-15H2,1-2H3,(H,26,28). The van der Waals surface area contributed by atoms with Crippen molar-refractivity contribution >= 4 is 11.7 Å². The first-order valence-corrected chi connectivity index (χ1v) is 10.4. The first-order valence-electron chi connectivity index (χ1n) is 10.4. The topological polar surface area (TPSA) is 55.4 Å². The van der Waals surface area contributed by atoms with Crippen LogP contribution in [0.4, 0.5) is 0 Å². The third kappa shape index (κ3) is 4.12. The first kappa shape index (κ1) is 19.4. The molecule has 3 unspecified atom stereocenters. The van der Waals surface area contributed by atoms with E-state index in [1.807, 2.05) is 49.4 Å². The predicted octanol–water partition coefficient (Wildman–Crippen LogP) is 4.87. The Labute approximate surface area is 172 Å². The van der Waals surface area contributed by atoms with Gasteiger partial charge in [0.25, 0.3) is 0 Å². The smallest absolute Gasteiger partial charge is 0.225 e. The summed E-state index contributed by atoms with van der Waals surface area (Å²) in [5.41, 5.74) is 3.73. The molecule has 0 aromatic heterocycles. The highest BCUT2D eigenvalue weighted by molar-refractivity contribution is 6.02. The van der Waals surface area contributed by atoms with E-state index in [0.29, 0.717) is 19.3 Å². The Morgan fingerprint density at radius 1 is 0.966 bits per heavy atom. The molecule has 2 aromatic rings. The van der Waals surface area contributed by atoms with Gasteiger partial charge in [-0.2, -0.15) is 0 Å². The lowest BCUT2D eigenvalue weighted by Gasteiger charge is -2.34. The van der Waals surface area contributed by atoms with Crippen LogP contribution in [0, 0.1) is 0 Å². The number of rotatable bonds is 5. The van der Waals surface area contributed by atoms with Gasteiger partial charge in [-0.05, 0) is 48.9 Å². The third-order valence-electron chi connectivity index (χ3n) is 6.00. The lowest BCUT2D eigenvalue weighted by atomic mass is 9.73. The van der Waals surface area contributed by atoms with E-state index in [9.17, 15) is 9.59 Å². The molecule has 150 valence electrons. The Bertz CT molecular complexity index is 930. The normalized spacial score (nSPS) is 22.7. The van der Waals surface area contributed by atoms with Crippen LogP contribution in [-0.2, 0) is 9.59 Å². The van der Waals surface area contributed by atoms with Crippen LogP contribution in [-0.4, -0.2) is 17.8 Å². The highest BCUT2D eigenvalue weighted by Gasteiger charge is 2.38. The Morgan fingerprint density at radius 3 is 2.38 bits per heavy atom. The zero-order valence-electron chi connectivity index (χ0n) is 17.0. The average molecular weight is 389 g/mol. The van der Waals surface area contributed by atoms with Gasteiger partial charge in [0.15, 0.2) is 5.78 Å². The second-order valence-corrected chi connectivity index (χ2v) is 8.04. The number of carbonyl (C=O) groups is 2. The van der Waals surface area contributed by atoms with E-state index in [4.69, 9.17) is 4.74 Å². The summed E-state index contributed by atoms with van der Waals surface area (Å²) in [6, 6.07) is 17.9. The fourth-order valence-corrected chi connectivity index (χ4v) is 4.30. The van der Waals surface area contributed by atoms with E-state index in [-0.39, 0.29) is 29.6 Å². The van der Waals surface area contributed by atoms with Crippen LogP contribution in [0.15, 0.2) is 65.9 Å². The summed E-state index contributed by atoms with van der Waals surface area (Å²) in [6.07, 6.45) is 2.60. The van der Waals surface area contributed by atoms with Gasteiger partial charge in [-0.1, -0.05) is 49.4 Å². The van der Waals surface area contributed by atoms with Gasteiger partial charge >= 0.3 is 0 Å². The summed E-state index contributed by atoms with van der Waals surface area (Å²) in [4.78, 5) is 25.5. The summed E-state index contributed by atoms with van der Waals surface area (Å²) < 4.78 is 5.86. The first-order chi connectivity index (χ1) is 14.0. The molecule has 0 spiro atoms. The van der Waals surface area contributed by atoms with Crippen molar-refractivity contribution in [2.45, 2.75) is 57.5 Å². The van der Waals surface area contributed by atoms with E-state index in [0.717, 1.165) is 34.6 Å². The van der Waals surface area contributed by atoms with Gasteiger partial charge in [-0.3, -0.25) is 9.59 Å². The maximum absolute atomic E-state index is 13.1. The van der Waals surface area contributed by atoms with Crippen molar-refractivity contribution in [2.75, 3.05) is 0 Å². The molecular weight excluding hydrogens is 362 g/mol. The monoisotopic (exact) mass is 389 g/mol. The lowest BCUT2D eigenvalue weighted by Crippen LogP contribution is -2.38. The van der Waals surface area contributed by atoms with Crippen molar-refractivity contribution in [2.24, 2.45) is 0 Å². The number of ketones is 1. The van der Waals surface area contributed by atoms with Crippen LogP contribution in [0.1, 0.15) is 62.5 Å². The largest absolute Gasteiger partial charge is 0.491 e. The average Bonchev–Trinajstić information content (AvgIpc) is 2.74. The second-order valence-electron chi connectivity index (χ2n) is 8.04.